The lowest BCUT2D eigenvalue weighted by atomic mass is 9.96. The van der Waals surface area contributed by atoms with Crippen molar-refractivity contribution in [1.82, 2.24) is 0 Å². The lowest BCUT2D eigenvalue weighted by Crippen LogP contribution is -2.14. The van der Waals surface area contributed by atoms with Crippen LogP contribution in [0.2, 0.25) is 0 Å². The van der Waals surface area contributed by atoms with Gasteiger partial charge in [-0.25, -0.2) is 4.85 Å². The summed E-state index contributed by atoms with van der Waals surface area (Å²) in [6.07, 6.45) is 4.11. The number of nitrogens with one attached hydrogen (secondary N) is 1. The van der Waals surface area contributed by atoms with Gasteiger partial charge in [0, 0.05) is 12.3 Å². The van der Waals surface area contributed by atoms with E-state index in [0.717, 1.165) is 29.7 Å². The standard InChI is InChI=1S/C21H30N2O2/c1-16(2)7-6-13-25-14-12-21(24)23-19-10-8-18(9-11-19)20(15-22-5)17(3)4/h8-11,15-17H,6-7,12-14H2,1-4H3,(H,23,24)/b20-15+. The van der Waals surface area contributed by atoms with E-state index in [9.17, 15) is 4.79 Å². The van der Waals surface area contributed by atoms with Gasteiger partial charge in [-0.1, -0.05) is 39.8 Å². The molecule has 25 heavy (non-hydrogen) atoms. The zero-order chi connectivity index (χ0) is 18.7. The van der Waals surface area contributed by atoms with Crippen molar-refractivity contribution < 1.29 is 9.53 Å². The van der Waals surface area contributed by atoms with Crippen LogP contribution in [0.3, 0.4) is 0 Å². The number of carbonyl (C=O) groups is 1. The highest BCUT2D eigenvalue weighted by Gasteiger charge is 2.07. The molecule has 0 aromatic heterocycles. The lowest BCUT2D eigenvalue weighted by molar-refractivity contribution is -0.117. The minimum atomic E-state index is -0.0441. The van der Waals surface area contributed by atoms with E-state index in [-0.39, 0.29) is 11.8 Å². The molecule has 1 aromatic carbocycles. The largest absolute Gasteiger partial charge is 0.381 e. The van der Waals surface area contributed by atoms with Crippen LogP contribution in [0, 0.1) is 18.4 Å². The van der Waals surface area contributed by atoms with Gasteiger partial charge in [0.15, 0.2) is 6.20 Å². The van der Waals surface area contributed by atoms with Crippen LogP contribution >= 0.6 is 0 Å². The summed E-state index contributed by atoms with van der Waals surface area (Å²) in [5.74, 6) is 0.926. The molecule has 0 aliphatic carbocycles. The van der Waals surface area contributed by atoms with Gasteiger partial charge in [0.1, 0.15) is 0 Å². The summed E-state index contributed by atoms with van der Waals surface area (Å²) in [5, 5.41) is 2.88. The molecule has 1 amide bonds. The molecule has 0 radical (unpaired) electrons. The summed E-state index contributed by atoms with van der Waals surface area (Å²) >= 11 is 0. The number of amides is 1. The molecule has 0 aliphatic heterocycles. The molecular formula is C21H30N2O2. The molecule has 0 unspecified atom stereocenters. The Kier molecular flexibility index (Phi) is 9.57. The van der Waals surface area contributed by atoms with Crippen molar-refractivity contribution in [1.29, 1.82) is 0 Å². The van der Waals surface area contributed by atoms with Gasteiger partial charge in [-0.05, 0) is 47.9 Å². The second kappa shape index (κ2) is 11.4. The van der Waals surface area contributed by atoms with Crippen molar-refractivity contribution in [3.05, 3.63) is 47.4 Å². The van der Waals surface area contributed by atoms with Gasteiger partial charge in [0.2, 0.25) is 5.91 Å². The van der Waals surface area contributed by atoms with Gasteiger partial charge in [-0.3, -0.25) is 4.79 Å². The van der Waals surface area contributed by atoms with Crippen molar-refractivity contribution in [3.63, 3.8) is 0 Å². The van der Waals surface area contributed by atoms with E-state index in [4.69, 9.17) is 11.3 Å². The highest BCUT2D eigenvalue weighted by atomic mass is 16.5. The Balaban J connectivity index is 2.41. The van der Waals surface area contributed by atoms with Gasteiger partial charge in [0.25, 0.3) is 0 Å². The second-order valence-electron chi connectivity index (χ2n) is 6.89. The van der Waals surface area contributed by atoms with Crippen LogP contribution in [0.4, 0.5) is 5.69 Å². The fourth-order valence-electron chi connectivity index (χ4n) is 2.46. The number of allylic oxidation sites excluding steroid dienone is 1. The average Bonchev–Trinajstić information content (AvgIpc) is 2.56. The predicted octanol–water partition coefficient (Wildman–Crippen LogP) is 5.38. The third-order valence-corrected chi connectivity index (χ3v) is 3.87. The van der Waals surface area contributed by atoms with Gasteiger partial charge < -0.3 is 10.1 Å². The molecule has 0 spiro atoms. The van der Waals surface area contributed by atoms with Crippen LogP contribution in [0.1, 0.15) is 52.5 Å². The minimum absolute atomic E-state index is 0.0441. The molecule has 4 nitrogen and oxygen atoms in total. The van der Waals surface area contributed by atoms with E-state index in [1.807, 2.05) is 24.3 Å². The Hall–Kier alpha value is -2.12. The maximum absolute atomic E-state index is 11.9. The molecule has 136 valence electrons. The summed E-state index contributed by atoms with van der Waals surface area (Å²) in [6.45, 7) is 16.7. The Morgan fingerprint density at radius 1 is 1.20 bits per heavy atom. The zero-order valence-corrected chi connectivity index (χ0v) is 15.8. The van der Waals surface area contributed by atoms with Gasteiger partial charge >= 0.3 is 0 Å². The molecule has 1 aromatic rings. The van der Waals surface area contributed by atoms with Gasteiger partial charge in [-0.2, -0.15) is 0 Å². The summed E-state index contributed by atoms with van der Waals surface area (Å²) < 4.78 is 5.50. The SMILES string of the molecule is [C-]#[N+]/C=C(/c1ccc(NC(=O)CCOCCCC(C)C)cc1)C(C)C. The van der Waals surface area contributed by atoms with Crippen LogP contribution in [-0.4, -0.2) is 19.1 Å². The van der Waals surface area contributed by atoms with Crippen LogP contribution in [-0.2, 0) is 9.53 Å². The number of hydrogen-bond donors (Lipinski definition) is 1. The molecule has 0 heterocycles. The number of carbonyl (C=O) groups excluding carboxylic acids is 1. The number of rotatable bonds is 10. The second-order valence-corrected chi connectivity index (χ2v) is 6.89. The summed E-state index contributed by atoms with van der Waals surface area (Å²) in [7, 11) is 0. The maximum atomic E-state index is 11.9. The lowest BCUT2D eigenvalue weighted by Gasteiger charge is -2.12. The smallest absolute Gasteiger partial charge is 0.226 e. The van der Waals surface area contributed by atoms with Crippen molar-refractivity contribution in [2.45, 2.75) is 47.0 Å². The van der Waals surface area contributed by atoms with E-state index in [2.05, 4.69) is 37.9 Å². The minimum Gasteiger partial charge on any atom is -0.381 e. The number of anilines is 1. The number of ether oxygens (including phenoxy) is 1. The molecular weight excluding hydrogens is 312 g/mol. The van der Waals surface area contributed by atoms with E-state index < -0.39 is 0 Å². The van der Waals surface area contributed by atoms with Gasteiger partial charge in [-0.15, -0.1) is 0 Å². The molecule has 0 bridgehead atoms. The number of hydrogen-bond acceptors (Lipinski definition) is 2. The molecule has 0 fully saturated rings. The van der Waals surface area contributed by atoms with E-state index in [1.165, 1.54) is 0 Å². The van der Waals surface area contributed by atoms with Crippen LogP contribution in [0.25, 0.3) is 10.4 Å². The Morgan fingerprint density at radius 2 is 1.88 bits per heavy atom. The molecule has 1 N–H and O–H groups in total. The molecule has 4 heteroatoms. The fraction of sp³-hybridized carbons (Fsp3) is 0.524. The quantitative estimate of drug-likeness (QED) is 0.458. The van der Waals surface area contributed by atoms with Crippen molar-refractivity contribution in [2.75, 3.05) is 18.5 Å². The fourth-order valence-corrected chi connectivity index (χ4v) is 2.46. The Morgan fingerprint density at radius 3 is 2.44 bits per heavy atom. The Bertz CT molecular complexity index is 595. The number of nitrogens with zero attached hydrogens (tertiary/aromatic N) is 1. The molecule has 0 saturated heterocycles. The van der Waals surface area contributed by atoms with Crippen LogP contribution < -0.4 is 5.32 Å². The first kappa shape index (κ1) is 20.9. The summed E-state index contributed by atoms with van der Waals surface area (Å²) in [6, 6.07) is 7.62. The maximum Gasteiger partial charge on any atom is 0.226 e. The van der Waals surface area contributed by atoms with E-state index in [0.29, 0.717) is 25.6 Å². The Labute approximate surface area is 152 Å². The third-order valence-electron chi connectivity index (χ3n) is 3.87. The normalized spacial score (nSPS) is 11.6. The number of benzene rings is 1. The third kappa shape index (κ3) is 8.51. The highest BCUT2D eigenvalue weighted by Crippen LogP contribution is 2.24. The first-order chi connectivity index (χ1) is 11.9. The zero-order valence-electron chi connectivity index (χ0n) is 15.8. The van der Waals surface area contributed by atoms with Crippen molar-refractivity contribution in [3.8, 4) is 0 Å². The van der Waals surface area contributed by atoms with Crippen molar-refractivity contribution >= 4 is 17.2 Å². The molecule has 0 aliphatic rings. The first-order valence-corrected chi connectivity index (χ1v) is 8.98. The van der Waals surface area contributed by atoms with E-state index >= 15 is 0 Å². The van der Waals surface area contributed by atoms with Crippen LogP contribution in [0.5, 0.6) is 0 Å². The monoisotopic (exact) mass is 342 g/mol. The predicted molar refractivity (Wildman–Crippen MR) is 104 cm³/mol. The topological polar surface area (TPSA) is 42.7 Å². The molecule has 0 atom stereocenters. The summed E-state index contributed by atoms with van der Waals surface area (Å²) in [4.78, 5) is 15.3. The summed E-state index contributed by atoms with van der Waals surface area (Å²) in [5.41, 5.74) is 2.78. The van der Waals surface area contributed by atoms with Crippen LogP contribution in [0.15, 0.2) is 30.5 Å². The van der Waals surface area contributed by atoms with E-state index in [1.54, 1.807) is 6.20 Å². The first-order valence-electron chi connectivity index (χ1n) is 8.98. The van der Waals surface area contributed by atoms with Crippen molar-refractivity contribution in [2.24, 2.45) is 11.8 Å². The van der Waals surface area contributed by atoms with Gasteiger partial charge in [0.05, 0.1) is 19.6 Å². The molecule has 0 saturated carbocycles. The average molecular weight is 342 g/mol. The molecule has 1 rings (SSSR count). The highest BCUT2D eigenvalue weighted by molar-refractivity contribution is 5.91.